The van der Waals surface area contributed by atoms with E-state index < -0.39 is 26.2 Å². The van der Waals surface area contributed by atoms with Gasteiger partial charge in [0.15, 0.2) is 9.84 Å². The number of halogens is 3. The van der Waals surface area contributed by atoms with Crippen molar-refractivity contribution in [2.45, 2.75) is 38.1 Å². The average Bonchev–Trinajstić information content (AvgIpc) is 2.01. The van der Waals surface area contributed by atoms with Crippen molar-refractivity contribution < 1.29 is 21.6 Å². The molecule has 0 aromatic carbocycles. The monoisotopic (exact) mass is 230 g/mol. The van der Waals surface area contributed by atoms with Crippen molar-refractivity contribution in [3.63, 3.8) is 0 Å². The third kappa shape index (κ3) is 3.01. The van der Waals surface area contributed by atoms with Gasteiger partial charge in [-0.1, -0.05) is 19.9 Å². The van der Waals surface area contributed by atoms with E-state index in [1.807, 2.05) is 0 Å². The smallest absolute Gasteiger partial charge is 0.223 e. The molecule has 0 saturated carbocycles. The summed E-state index contributed by atoms with van der Waals surface area (Å²) in [5.41, 5.74) is 0. The van der Waals surface area contributed by atoms with E-state index in [-0.39, 0.29) is 6.42 Å². The summed E-state index contributed by atoms with van der Waals surface area (Å²) in [5, 5.41) is -1.03. The van der Waals surface area contributed by atoms with Crippen LogP contribution in [0.15, 0.2) is 11.5 Å². The minimum Gasteiger partial charge on any atom is -0.223 e. The highest BCUT2D eigenvalue weighted by molar-refractivity contribution is 7.95. The molecular weight excluding hydrogens is 217 g/mol. The molecule has 1 atom stereocenters. The number of sulfone groups is 1. The summed E-state index contributed by atoms with van der Waals surface area (Å²) in [4.78, 5) is -1.65. The second kappa shape index (κ2) is 4.33. The second-order valence-corrected chi connectivity index (χ2v) is 5.45. The summed E-state index contributed by atoms with van der Waals surface area (Å²) in [7, 11) is -4.28. The van der Waals surface area contributed by atoms with Gasteiger partial charge in [0, 0.05) is 0 Å². The van der Waals surface area contributed by atoms with Gasteiger partial charge in [0.2, 0.25) is 0 Å². The van der Waals surface area contributed by atoms with Crippen LogP contribution in [0.25, 0.3) is 0 Å². The molecule has 84 valence electrons. The second-order valence-electron chi connectivity index (χ2n) is 3.07. The number of hydrogen-bond donors (Lipinski definition) is 0. The van der Waals surface area contributed by atoms with Gasteiger partial charge >= 0.3 is 6.18 Å². The van der Waals surface area contributed by atoms with E-state index in [0.717, 1.165) is 0 Å². The zero-order valence-corrected chi connectivity index (χ0v) is 8.87. The predicted molar refractivity (Wildman–Crippen MR) is 48.5 cm³/mol. The molecule has 0 amide bonds. The predicted octanol–water partition coefficient (Wildman–Crippen LogP) is 2.67. The molecular formula is C8H13F3O2S. The van der Waals surface area contributed by atoms with Crippen LogP contribution in [0.1, 0.15) is 26.7 Å². The maximum atomic E-state index is 12.1. The quantitative estimate of drug-likeness (QED) is 0.744. The maximum absolute atomic E-state index is 12.1. The molecule has 0 aliphatic carbocycles. The molecule has 0 fully saturated rings. The van der Waals surface area contributed by atoms with Crippen LogP contribution in [-0.4, -0.2) is 19.8 Å². The van der Waals surface area contributed by atoms with Crippen molar-refractivity contribution in [3.05, 3.63) is 11.5 Å². The highest BCUT2D eigenvalue weighted by Gasteiger charge is 2.42. The molecule has 1 unspecified atom stereocenters. The van der Waals surface area contributed by atoms with Gasteiger partial charge in [-0.2, -0.15) is 13.2 Å². The lowest BCUT2D eigenvalue weighted by molar-refractivity contribution is -0.0841. The van der Waals surface area contributed by atoms with Gasteiger partial charge in [0.1, 0.15) is 4.91 Å². The van der Waals surface area contributed by atoms with Crippen molar-refractivity contribution in [3.8, 4) is 0 Å². The minimum atomic E-state index is -4.86. The van der Waals surface area contributed by atoms with Gasteiger partial charge in [0.05, 0.1) is 5.25 Å². The fourth-order valence-corrected chi connectivity index (χ4v) is 2.32. The Morgan fingerprint density at radius 3 is 2.14 bits per heavy atom. The molecule has 2 nitrogen and oxygen atoms in total. The van der Waals surface area contributed by atoms with Crippen LogP contribution < -0.4 is 0 Å². The van der Waals surface area contributed by atoms with E-state index in [4.69, 9.17) is 0 Å². The molecule has 0 N–H and O–H groups in total. The van der Waals surface area contributed by atoms with Crippen molar-refractivity contribution in [1.82, 2.24) is 0 Å². The van der Waals surface area contributed by atoms with E-state index in [9.17, 15) is 21.6 Å². The largest absolute Gasteiger partial charge is 0.426 e. The Balaban J connectivity index is 4.90. The van der Waals surface area contributed by atoms with E-state index in [1.54, 1.807) is 6.92 Å². The Bertz CT molecular complexity index is 303. The highest BCUT2D eigenvalue weighted by Crippen LogP contribution is 2.31. The van der Waals surface area contributed by atoms with Crippen molar-refractivity contribution >= 4 is 9.84 Å². The normalized spacial score (nSPS) is 15.2. The van der Waals surface area contributed by atoms with Crippen LogP contribution >= 0.6 is 0 Å². The number of hydrogen-bond acceptors (Lipinski definition) is 2. The van der Waals surface area contributed by atoms with Gasteiger partial charge in [-0.05, 0) is 13.3 Å². The first-order chi connectivity index (χ1) is 6.14. The van der Waals surface area contributed by atoms with Crippen molar-refractivity contribution in [2.75, 3.05) is 0 Å². The lowest BCUT2D eigenvalue weighted by Gasteiger charge is -2.15. The summed E-state index contributed by atoms with van der Waals surface area (Å²) in [5.74, 6) is 0. The van der Waals surface area contributed by atoms with Gasteiger partial charge in [-0.3, -0.25) is 0 Å². The van der Waals surface area contributed by atoms with Crippen LogP contribution in [0, 0.1) is 0 Å². The van der Waals surface area contributed by atoms with Crippen LogP contribution in [0.5, 0.6) is 0 Å². The molecule has 0 aromatic heterocycles. The summed E-state index contributed by atoms with van der Waals surface area (Å²) >= 11 is 0. The Morgan fingerprint density at radius 1 is 1.43 bits per heavy atom. The van der Waals surface area contributed by atoms with Gasteiger partial charge in [-0.15, -0.1) is 0 Å². The Hall–Kier alpha value is -0.520. The van der Waals surface area contributed by atoms with E-state index >= 15 is 0 Å². The molecule has 0 spiro atoms. The summed E-state index contributed by atoms with van der Waals surface area (Å²) in [6, 6.07) is 0. The third-order valence-corrected chi connectivity index (χ3v) is 4.10. The molecule has 6 heteroatoms. The molecule has 0 saturated heterocycles. The van der Waals surface area contributed by atoms with Gasteiger partial charge < -0.3 is 0 Å². The first-order valence-corrected chi connectivity index (χ1v) is 5.68. The first kappa shape index (κ1) is 13.5. The summed E-state index contributed by atoms with van der Waals surface area (Å²) < 4.78 is 58.7. The van der Waals surface area contributed by atoms with E-state index in [0.29, 0.717) is 6.42 Å². The average molecular weight is 230 g/mol. The number of allylic oxidation sites excluding steroid dienone is 1. The number of rotatable bonds is 4. The highest BCUT2D eigenvalue weighted by atomic mass is 32.2. The Labute approximate surface area is 81.7 Å². The molecule has 14 heavy (non-hydrogen) atoms. The van der Waals surface area contributed by atoms with Gasteiger partial charge in [-0.25, -0.2) is 8.42 Å². The fourth-order valence-electron chi connectivity index (χ4n) is 0.966. The van der Waals surface area contributed by atoms with Crippen molar-refractivity contribution in [1.29, 1.82) is 0 Å². The lowest BCUT2D eigenvalue weighted by atomic mass is 10.3. The zero-order chi connectivity index (χ0) is 11.6. The molecule has 0 radical (unpaired) electrons. The number of alkyl halides is 3. The molecule has 0 heterocycles. The standard InChI is InChI=1S/C8H13F3O2S/c1-4-5-6(2)14(12,13)7(3)8(9,10)11/h6H,3-5H2,1-2H3. The Kier molecular flexibility index (Phi) is 4.17. The summed E-state index contributed by atoms with van der Waals surface area (Å²) in [6.07, 6.45) is -4.14. The molecule has 0 bridgehead atoms. The molecule has 0 aliphatic heterocycles. The zero-order valence-electron chi connectivity index (χ0n) is 8.06. The maximum Gasteiger partial charge on any atom is 0.426 e. The molecule has 0 aliphatic rings. The summed E-state index contributed by atoms with van der Waals surface area (Å²) in [6.45, 7) is 5.56. The lowest BCUT2D eigenvalue weighted by Crippen LogP contribution is -2.27. The van der Waals surface area contributed by atoms with Crippen molar-refractivity contribution in [2.24, 2.45) is 0 Å². The third-order valence-electron chi connectivity index (χ3n) is 1.88. The SMILES string of the molecule is C=C(C(F)(F)F)S(=O)(=O)C(C)CCC. The van der Waals surface area contributed by atoms with Crippen LogP contribution in [0.4, 0.5) is 13.2 Å². The van der Waals surface area contributed by atoms with E-state index in [2.05, 4.69) is 6.58 Å². The molecule has 0 rings (SSSR count). The van der Waals surface area contributed by atoms with E-state index in [1.165, 1.54) is 6.92 Å². The van der Waals surface area contributed by atoms with Crippen LogP contribution in [-0.2, 0) is 9.84 Å². The minimum absolute atomic E-state index is 0.206. The van der Waals surface area contributed by atoms with Crippen LogP contribution in [0.2, 0.25) is 0 Å². The van der Waals surface area contributed by atoms with Gasteiger partial charge in [0.25, 0.3) is 0 Å². The molecule has 0 aromatic rings. The fraction of sp³-hybridized carbons (Fsp3) is 0.750. The van der Waals surface area contributed by atoms with Crippen LogP contribution in [0.3, 0.4) is 0 Å². The Morgan fingerprint density at radius 2 is 1.86 bits per heavy atom. The first-order valence-electron chi connectivity index (χ1n) is 4.14. The topological polar surface area (TPSA) is 34.1 Å².